The second-order valence-corrected chi connectivity index (χ2v) is 10.8. The van der Waals surface area contributed by atoms with Crippen molar-refractivity contribution < 1.29 is 14.3 Å². The summed E-state index contributed by atoms with van der Waals surface area (Å²) in [5.74, 6) is 0.726. The van der Waals surface area contributed by atoms with E-state index in [0.29, 0.717) is 5.56 Å². The normalized spacial score (nSPS) is 11.2. The van der Waals surface area contributed by atoms with Crippen LogP contribution in [0.1, 0.15) is 10.4 Å². The first-order chi connectivity index (χ1) is 8.01. The van der Waals surface area contributed by atoms with E-state index >= 15 is 0 Å². The third kappa shape index (κ3) is 6.24. The maximum absolute atomic E-state index is 10.4. The van der Waals surface area contributed by atoms with Crippen LogP contribution in [-0.4, -0.2) is 27.8 Å². The Hall–Kier alpha value is -1.13. The SMILES string of the molecule is C[Si](C)(C)CCOCOc1ccc(C=O)cc1. The zero-order valence-corrected chi connectivity index (χ0v) is 11.7. The first-order valence-corrected chi connectivity index (χ1v) is 9.48. The average molecular weight is 252 g/mol. The van der Waals surface area contributed by atoms with Crippen molar-refractivity contribution in [3.63, 3.8) is 0 Å². The number of ether oxygens (including phenoxy) is 2. The van der Waals surface area contributed by atoms with Gasteiger partial charge in [0.2, 0.25) is 0 Å². The minimum Gasteiger partial charge on any atom is -0.468 e. The fraction of sp³-hybridized carbons (Fsp3) is 0.462. The third-order valence-electron chi connectivity index (χ3n) is 2.32. The van der Waals surface area contributed by atoms with Crippen LogP contribution in [0.5, 0.6) is 5.75 Å². The Bertz CT molecular complexity index is 341. The highest BCUT2D eigenvalue weighted by Crippen LogP contribution is 2.11. The summed E-state index contributed by atoms with van der Waals surface area (Å²) < 4.78 is 10.8. The Morgan fingerprint density at radius 3 is 2.35 bits per heavy atom. The molecule has 0 heterocycles. The summed E-state index contributed by atoms with van der Waals surface area (Å²) >= 11 is 0. The van der Waals surface area contributed by atoms with Gasteiger partial charge < -0.3 is 9.47 Å². The quantitative estimate of drug-likeness (QED) is 0.323. The van der Waals surface area contributed by atoms with Crippen molar-refractivity contribution in [2.24, 2.45) is 0 Å². The van der Waals surface area contributed by atoms with Crippen LogP contribution in [0.15, 0.2) is 24.3 Å². The molecule has 0 saturated carbocycles. The second kappa shape index (κ2) is 6.57. The number of carbonyl (C=O) groups is 1. The van der Waals surface area contributed by atoms with E-state index in [4.69, 9.17) is 9.47 Å². The number of carbonyl (C=O) groups excluding carboxylic acids is 1. The van der Waals surface area contributed by atoms with E-state index in [9.17, 15) is 4.79 Å². The predicted octanol–water partition coefficient (Wildman–Crippen LogP) is 3.19. The van der Waals surface area contributed by atoms with Gasteiger partial charge in [-0.1, -0.05) is 19.6 Å². The van der Waals surface area contributed by atoms with Gasteiger partial charge in [-0.2, -0.15) is 0 Å². The van der Waals surface area contributed by atoms with Crippen LogP contribution in [0.25, 0.3) is 0 Å². The summed E-state index contributed by atoms with van der Waals surface area (Å²) in [6.07, 6.45) is 0.814. The number of hydrogen-bond donors (Lipinski definition) is 0. The summed E-state index contributed by atoms with van der Waals surface area (Å²) in [7, 11) is -1.02. The molecule has 94 valence electrons. The van der Waals surface area contributed by atoms with E-state index in [1.165, 1.54) is 0 Å². The lowest BCUT2D eigenvalue weighted by Crippen LogP contribution is -2.22. The van der Waals surface area contributed by atoms with Crippen LogP contribution in [0.2, 0.25) is 25.7 Å². The molecule has 4 heteroatoms. The molecule has 0 aliphatic heterocycles. The standard InChI is InChI=1S/C13H20O3Si/c1-17(2,3)9-8-15-11-16-13-6-4-12(10-14)5-7-13/h4-7,10H,8-9,11H2,1-3H3. The molecule has 1 aromatic rings. The lowest BCUT2D eigenvalue weighted by atomic mass is 10.2. The van der Waals surface area contributed by atoms with Gasteiger partial charge in [-0.25, -0.2) is 0 Å². The minimum absolute atomic E-state index is 0.269. The smallest absolute Gasteiger partial charge is 0.189 e. The molecule has 0 aliphatic rings. The molecule has 0 bridgehead atoms. The van der Waals surface area contributed by atoms with Gasteiger partial charge in [0.05, 0.1) is 0 Å². The van der Waals surface area contributed by atoms with Gasteiger partial charge in [0, 0.05) is 20.2 Å². The maximum Gasteiger partial charge on any atom is 0.189 e. The van der Waals surface area contributed by atoms with E-state index < -0.39 is 8.07 Å². The van der Waals surface area contributed by atoms with Gasteiger partial charge >= 0.3 is 0 Å². The summed E-state index contributed by atoms with van der Waals surface area (Å²) in [6, 6.07) is 8.13. The zero-order chi connectivity index (χ0) is 12.7. The first-order valence-electron chi connectivity index (χ1n) is 5.77. The lowest BCUT2D eigenvalue weighted by Gasteiger charge is -2.15. The highest BCUT2D eigenvalue weighted by Gasteiger charge is 2.11. The molecule has 0 aromatic heterocycles. The van der Waals surface area contributed by atoms with E-state index in [1.54, 1.807) is 24.3 Å². The third-order valence-corrected chi connectivity index (χ3v) is 4.03. The lowest BCUT2D eigenvalue weighted by molar-refractivity contribution is 0.0220. The van der Waals surface area contributed by atoms with Crippen LogP contribution < -0.4 is 4.74 Å². The van der Waals surface area contributed by atoms with Crippen molar-refractivity contribution in [2.75, 3.05) is 13.4 Å². The monoisotopic (exact) mass is 252 g/mol. The topological polar surface area (TPSA) is 35.5 Å². The number of aldehydes is 1. The number of hydrogen-bond acceptors (Lipinski definition) is 3. The van der Waals surface area contributed by atoms with Gasteiger partial charge in [-0.15, -0.1) is 0 Å². The Morgan fingerprint density at radius 2 is 1.82 bits per heavy atom. The molecule has 0 radical (unpaired) electrons. The van der Waals surface area contributed by atoms with Crippen LogP contribution in [0, 0.1) is 0 Å². The molecular weight excluding hydrogens is 232 g/mol. The van der Waals surface area contributed by atoms with E-state index in [1.807, 2.05) is 0 Å². The van der Waals surface area contributed by atoms with Crippen LogP contribution in [0.4, 0.5) is 0 Å². The van der Waals surface area contributed by atoms with E-state index in [0.717, 1.165) is 24.7 Å². The Labute approximate surface area is 104 Å². The summed E-state index contributed by atoms with van der Waals surface area (Å²) in [5, 5.41) is 0. The average Bonchev–Trinajstić information content (AvgIpc) is 2.28. The summed E-state index contributed by atoms with van der Waals surface area (Å²) in [5.41, 5.74) is 0.650. The van der Waals surface area contributed by atoms with Gasteiger partial charge in [0.1, 0.15) is 12.0 Å². The molecule has 0 saturated heterocycles. The zero-order valence-electron chi connectivity index (χ0n) is 10.7. The number of benzene rings is 1. The predicted molar refractivity (Wildman–Crippen MR) is 71.4 cm³/mol. The first kappa shape index (κ1) is 13.9. The largest absolute Gasteiger partial charge is 0.468 e. The number of rotatable bonds is 7. The molecule has 0 atom stereocenters. The molecule has 1 aromatic carbocycles. The molecular formula is C13H20O3Si. The molecule has 0 amide bonds. The van der Waals surface area contributed by atoms with Crippen LogP contribution >= 0.6 is 0 Å². The van der Waals surface area contributed by atoms with Crippen LogP contribution in [-0.2, 0) is 4.74 Å². The highest BCUT2D eigenvalue weighted by molar-refractivity contribution is 6.76. The van der Waals surface area contributed by atoms with Gasteiger partial charge in [-0.05, 0) is 30.3 Å². The van der Waals surface area contributed by atoms with Crippen molar-refractivity contribution in [2.45, 2.75) is 25.7 Å². The minimum atomic E-state index is -1.02. The van der Waals surface area contributed by atoms with Gasteiger partial charge in [0.25, 0.3) is 0 Å². The second-order valence-electron chi connectivity index (χ2n) is 5.17. The molecule has 1 rings (SSSR count). The Morgan fingerprint density at radius 1 is 1.18 bits per heavy atom. The highest BCUT2D eigenvalue weighted by atomic mass is 28.3. The van der Waals surface area contributed by atoms with E-state index in [-0.39, 0.29) is 6.79 Å². The Balaban J connectivity index is 2.20. The van der Waals surface area contributed by atoms with Crippen molar-refractivity contribution in [3.05, 3.63) is 29.8 Å². The summed E-state index contributed by atoms with van der Waals surface area (Å²) in [6.45, 7) is 7.97. The van der Waals surface area contributed by atoms with Gasteiger partial charge in [-0.3, -0.25) is 4.79 Å². The Kier molecular flexibility index (Phi) is 5.38. The molecule has 0 N–H and O–H groups in total. The van der Waals surface area contributed by atoms with Crippen molar-refractivity contribution in [1.29, 1.82) is 0 Å². The van der Waals surface area contributed by atoms with Crippen molar-refractivity contribution in [1.82, 2.24) is 0 Å². The molecule has 0 spiro atoms. The van der Waals surface area contributed by atoms with Crippen molar-refractivity contribution in [3.8, 4) is 5.75 Å². The molecule has 0 fully saturated rings. The fourth-order valence-corrected chi connectivity index (χ4v) is 1.95. The molecule has 0 unspecified atom stereocenters. The summed E-state index contributed by atoms with van der Waals surface area (Å²) in [4.78, 5) is 10.4. The molecule has 17 heavy (non-hydrogen) atoms. The fourth-order valence-electron chi connectivity index (χ4n) is 1.19. The van der Waals surface area contributed by atoms with E-state index in [2.05, 4.69) is 19.6 Å². The van der Waals surface area contributed by atoms with Crippen molar-refractivity contribution >= 4 is 14.4 Å². The van der Waals surface area contributed by atoms with Crippen LogP contribution in [0.3, 0.4) is 0 Å². The van der Waals surface area contributed by atoms with Gasteiger partial charge in [0.15, 0.2) is 6.79 Å². The molecule has 0 aliphatic carbocycles. The molecule has 3 nitrogen and oxygen atoms in total. The maximum atomic E-state index is 10.4.